The molecule has 1 aromatic carbocycles. The molecule has 0 aliphatic carbocycles. The quantitative estimate of drug-likeness (QED) is 0.831. The number of halogens is 1. The van der Waals surface area contributed by atoms with Gasteiger partial charge in [0.25, 0.3) is 0 Å². The molecule has 2 aromatic rings. The van der Waals surface area contributed by atoms with Crippen LogP contribution in [0.5, 0.6) is 11.5 Å². The van der Waals surface area contributed by atoms with Crippen LogP contribution in [0, 0.1) is 0 Å². The molecule has 0 amide bonds. The van der Waals surface area contributed by atoms with Crippen LogP contribution in [-0.2, 0) is 20.1 Å². The van der Waals surface area contributed by atoms with Crippen molar-refractivity contribution < 1.29 is 9.47 Å². The first-order valence-corrected chi connectivity index (χ1v) is 7.61. The van der Waals surface area contributed by atoms with E-state index in [9.17, 15) is 0 Å². The largest absolute Gasteiger partial charge is 0.493 e. The number of rotatable bonds is 7. The number of benzene rings is 1. The fraction of sp³-hybridized carbons (Fsp3) is 0.400. The van der Waals surface area contributed by atoms with Crippen LogP contribution in [0.4, 0.5) is 0 Å². The average Bonchev–Trinajstić information content (AvgIpc) is 2.87. The van der Waals surface area contributed by atoms with Crippen LogP contribution < -0.4 is 14.8 Å². The van der Waals surface area contributed by atoms with Crippen molar-refractivity contribution in [2.24, 2.45) is 7.05 Å². The van der Waals surface area contributed by atoms with Gasteiger partial charge in [0.1, 0.15) is 5.82 Å². The van der Waals surface area contributed by atoms with E-state index in [2.05, 4.69) is 26.2 Å². The van der Waals surface area contributed by atoms with E-state index in [-0.39, 0.29) is 0 Å². The third-order valence-corrected chi connectivity index (χ3v) is 3.70. The molecule has 2 rings (SSSR count). The van der Waals surface area contributed by atoms with E-state index in [4.69, 9.17) is 9.47 Å². The Labute approximate surface area is 133 Å². The molecule has 0 aliphatic rings. The number of aromatic nitrogens is 2. The van der Waals surface area contributed by atoms with E-state index in [1.165, 1.54) is 0 Å². The molecule has 0 unspecified atom stereocenters. The zero-order chi connectivity index (χ0) is 15.2. The van der Waals surface area contributed by atoms with E-state index >= 15 is 0 Å². The molecule has 5 nitrogen and oxygen atoms in total. The van der Waals surface area contributed by atoms with Gasteiger partial charge in [-0.3, -0.25) is 0 Å². The summed E-state index contributed by atoms with van der Waals surface area (Å²) in [6, 6.07) is 4.03. The second-order valence-corrected chi connectivity index (χ2v) is 5.45. The second kappa shape index (κ2) is 7.47. The molecular weight excluding hydrogens is 334 g/mol. The number of nitrogens with one attached hydrogen (secondary N) is 1. The van der Waals surface area contributed by atoms with Crippen molar-refractivity contribution in [3.05, 3.63) is 40.4 Å². The maximum absolute atomic E-state index is 5.59. The molecular formula is C15H20BrN3O2. The van der Waals surface area contributed by atoms with Crippen molar-refractivity contribution >= 4 is 15.9 Å². The molecule has 114 valence electrons. The normalized spacial score (nSPS) is 10.7. The fourth-order valence-corrected chi connectivity index (χ4v) is 2.65. The molecule has 0 fully saturated rings. The molecule has 21 heavy (non-hydrogen) atoms. The van der Waals surface area contributed by atoms with Crippen LogP contribution in [0.1, 0.15) is 18.3 Å². The second-order valence-electron chi connectivity index (χ2n) is 4.60. The average molecular weight is 354 g/mol. The van der Waals surface area contributed by atoms with E-state index < -0.39 is 0 Å². The van der Waals surface area contributed by atoms with Crippen molar-refractivity contribution in [1.29, 1.82) is 0 Å². The highest BCUT2D eigenvalue weighted by Gasteiger charge is 2.11. The predicted octanol–water partition coefficient (Wildman–Crippen LogP) is 2.88. The molecule has 0 saturated carbocycles. The zero-order valence-electron chi connectivity index (χ0n) is 12.5. The third-order valence-electron chi connectivity index (χ3n) is 3.11. The Morgan fingerprint density at radius 3 is 2.76 bits per heavy atom. The molecule has 0 saturated heterocycles. The molecule has 1 aromatic heterocycles. The number of ether oxygens (including phenoxy) is 2. The summed E-state index contributed by atoms with van der Waals surface area (Å²) >= 11 is 3.53. The topological polar surface area (TPSA) is 48.3 Å². The fourth-order valence-electron chi connectivity index (χ4n) is 2.05. The smallest absolute Gasteiger partial charge is 0.175 e. The highest BCUT2D eigenvalue weighted by molar-refractivity contribution is 9.10. The molecule has 0 radical (unpaired) electrons. The van der Waals surface area contributed by atoms with Gasteiger partial charge in [-0.05, 0) is 40.5 Å². The first-order valence-electron chi connectivity index (χ1n) is 6.81. The monoisotopic (exact) mass is 353 g/mol. The predicted molar refractivity (Wildman–Crippen MR) is 85.6 cm³/mol. The lowest BCUT2D eigenvalue weighted by Gasteiger charge is -2.13. The Bertz CT molecular complexity index is 599. The van der Waals surface area contributed by atoms with Gasteiger partial charge in [0.05, 0.1) is 24.7 Å². The van der Waals surface area contributed by atoms with Gasteiger partial charge in [-0.15, -0.1) is 0 Å². The lowest BCUT2D eigenvalue weighted by Crippen LogP contribution is -2.15. The summed E-state index contributed by atoms with van der Waals surface area (Å²) in [5, 5.41) is 3.37. The third kappa shape index (κ3) is 3.98. The highest BCUT2D eigenvalue weighted by Crippen LogP contribution is 2.36. The van der Waals surface area contributed by atoms with Crippen LogP contribution in [0.3, 0.4) is 0 Å². The van der Waals surface area contributed by atoms with Crippen molar-refractivity contribution in [3.8, 4) is 11.5 Å². The lowest BCUT2D eigenvalue weighted by atomic mass is 10.2. The van der Waals surface area contributed by atoms with Crippen molar-refractivity contribution in [2.75, 3.05) is 13.7 Å². The van der Waals surface area contributed by atoms with Gasteiger partial charge >= 0.3 is 0 Å². The Morgan fingerprint density at radius 2 is 2.14 bits per heavy atom. The first kappa shape index (κ1) is 15.9. The number of methoxy groups -OCH3 is 1. The minimum absolute atomic E-state index is 0.603. The Balaban J connectivity index is 2.03. The van der Waals surface area contributed by atoms with Crippen molar-refractivity contribution in [1.82, 2.24) is 14.9 Å². The molecule has 1 heterocycles. The summed E-state index contributed by atoms with van der Waals surface area (Å²) < 4.78 is 13.9. The van der Waals surface area contributed by atoms with Gasteiger partial charge < -0.3 is 19.4 Å². The van der Waals surface area contributed by atoms with E-state index in [0.717, 1.165) is 40.4 Å². The molecule has 0 atom stereocenters. The molecule has 0 aliphatic heterocycles. The van der Waals surface area contributed by atoms with Crippen LogP contribution in [0.2, 0.25) is 0 Å². The van der Waals surface area contributed by atoms with Crippen LogP contribution in [0.25, 0.3) is 0 Å². The summed E-state index contributed by atoms with van der Waals surface area (Å²) in [6.45, 7) is 4.00. The SMILES string of the molecule is CCOc1c(Br)cc(CNCc2nccn2C)cc1OC. The molecule has 1 N–H and O–H groups in total. The number of hydrogen-bond donors (Lipinski definition) is 1. The van der Waals surface area contributed by atoms with E-state index in [1.54, 1.807) is 13.3 Å². The van der Waals surface area contributed by atoms with Crippen molar-refractivity contribution in [2.45, 2.75) is 20.0 Å². The Hall–Kier alpha value is -1.53. The van der Waals surface area contributed by atoms with Gasteiger partial charge in [0, 0.05) is 26.0 Å². The maximum Gasteiger partial charge on any atom is 0.175 e. The summed E-state index contributed by atoms with van der Waals surface area (Å²) in [4.78, 5) is 4.28. The zero-order valence-corrected chi connectivity index (χ0v) is 14.1. The van der Waals surface area contributed by atoms with Crippen LogP contribution >= 0.6 is 15.9 Å². The molecule has 0 spiro atoms. The minimum Gasteiger partial charge on any atom is -0.493 e. The standard InChI is InChI=1S/C15H20BrN3O2/c1-4-21-15-12(16)7-11(8-13(15)20-3)9-17-10-14-18-5-6-19(14)2/h5-8,17H,4,9-10H2,1-3H3. The minimum atomic E-state index is 0.603. The van der Waals surface area contributed by atoms with Crippen LogP contribution in [-0.4, -0.2) is 23.3 Å². The summed E-state index contributed by atoms with van der Waals surface area (Å²) in [5.41, 5.74) is 1.12. The number of imidazole rings is 1. The summed E-state index contributed by atoms with van der Waals surface area (Å²) in [6.07, 6.45) is 3.74. The van der Waals surface area contributed by atoms with Gasteiger partial charge in [-0.1, -0.05) is 0 Å². The van der Waals surface area contributed by atoms with E-state index in [1.807, 2.05) is 36.9 Å². The van der Waals surface area contributed by atoms with Gasteiger partial charge in [0.15, 0.2) is 11.5 Å². The number of nitrogens with zero attached hydrogens (tertiary/aromatic N) is 2. The lowest BCUT2D eigenvalue weighted by molar-refractivity contribution is 0.308. The van der Waals surface area contributed by atoms with Crippen LogP contribution in [0.15, 0.2) is 29.0 Å². The Morgan fingerprint density at radius 1 is 1.33 bits per heavy atom. The number of aryl methyl sites for hydroxylation is 1. The summed E-state index contributed by atoms with van der Waals surface area (Å²) in [7, 11) is 3.63. The maximum atomic E-state index is 5.59. The van der Waals surface area contributed by atoms with Crippen molar-refractivity contribution in [3.63, 3.8) is 0 Å². The number of hydrogen-bond acceptors (Lipinski definition) is 4. The van der Waals surface area contributed by atoms with Gasteiger partial charge in [0.2, 0.25) is 0 Å². The Kier molecular flexibility index (Phi) is 5.64. The molecule has 0 bridgehead atoms. The summed E-state index contributed by atoms with van der Waals surface area (Å²) in [5.74, 6) is 2.49. The first-order chi connectivity index (χ1) is 10.2. The van der Waals surface area contributed by atoms with Gasteiger partial charge in [-0.25, -0.2) is 4.98 Å². The van der Waals surface area contributed by atoms with E-state index in [0.29, 0.717) is 6.61 Å². The highest BCUT2D eigenvalue weighted by atomic mass is 79.9. The molecule has 6 heteroatoms. The van der Waals surface area contributed by atoms with Gasteiger partial charge in [-0.2, -0.15) is 0 Å².